The highest BCUT2D eigenvalue weighted by atomic mass is 16.5. The lowest BCUT2D eigenvalue weighted by atomic mass is 10.0. The van der Waals surface area contributed by atoms with Crippen LogP contribution in [0.4, 0.5) is 5.69 Å². The number of benzene rings is 2. The van der Waals surface area contributed by atoms with Crippen molar-refractivity contribution in [3.8, 4) is 11.4 Å². The molecule has 1 heterocycles. The zero-order chi connectivity index (χ0) is 17.6. The quantitative estimate of drug-likeness (QED) is 0.748. The molecule has 1 N–H and O–H groups in total. The Labute approximate surface area is 145 Å². The molecule has 0 radical (unpaired) electrons. The Bertz CT molecular complexity index is 812. The average Bonchev–Trinajstić information content (AvgIpc) is 3.15. The molecule has 2 aromatic carbocycles. The summed E-state index contributed by atoms with van der Waals surface area (Å²) in [4.78, 5) is 12.0. The number of tetrazole rings is 1. The molecule has 0 aliphatic heterocycles. The molecule has 25 heavy (non-hydrogen) atoms. The van der Waals surface area contributed by atoms with Crippen molar-refractivity contribution in [1.29, 1.82) is 0 Å². The number of hydrogen-bond acceptors (Lipinski definition) is 5. The molecule has 1 aromatic heterocycles. The predicted octanol–water partition coefficient (Wildman–Crippen LogP) is 2.80. The first-order valence-corrected chi connectivity index (χ1v) is 7.98. The molecule has 0 aliphatic carbocycles. The third-order valence-corrected chi connectivity index (χ3v) is 3.68. The van der Waals surface area contributed by atoms with Crippen molar-refractivity contribution >= 4 is 11.6 Å². The van der Waals surface area contributed by atoms with Gasteiger partial charge in [-0.2, -0.15) is 0 Å². The van der Waals surface area contributed by atoms with Crippen LogP contribution >= 0.6 is 0 Å². The van der Waals surface area contributed by atoms with Gasteiger partial charge in [0.15, 0.2) is 6.61 Å². The molecule has 128 valence electrons. The van der Waals surface area contributed by atoms with Gasteiger partial charge in [-0.15, -0.1) is 5.10 Å². The Balaban J connectivity index is 1.52. The summed E-state index contributed by atoms with van der Waals surface area (Å²) in [5, 5.41) is 13.8. The van der Waals surface area contributed by atoms with Gasteiger partial charge in [0, 0.05) is 5.69 Å². The molecule has 7 heteroatoms. The van der Waals surface area contributed by atoms with Gasteiger partial charge >= 0.3 is 0 Å². The summed E-state index contributed by atoms with van der Waals surface area (Å²) in [5.41, 5.74) is 2.73. The Kier molecular flexibility index (Phi) is 5.03. The molecule has 3 rings (SSSR count). The summed E-state index contributed by atoms with van der Waals surface area (Å²) in [5.74, 6) is 0.922. The molecule has 0 saturated carbocycles. The van der Waals surface area contributed by atoms with Gasteiger partial charge in [0.2, 0.25) is 0 Å². The molecule has 0 fully saturated rings. The van der Waals surface area contributed by atoms with E-state index >= 15 is 0 Å². The van der Waals surface area contributed by atoms with Gasteiger partial charge < -0.3 is 10.1 Å². The van der Waals surface area contributed by atoms with E-state index in [4.69, 9.17) is 4.74 Å². The Morgan fingerprint density at radius 2 is 1.84 bits per heavy atom. The van der Waals surface area contributed by atoms with E-state index in [1.807, 2.05) is 36.4 Å². The fourth-order valence-corrected chi connectivity index (χ4v) is 2.27. The van der Waals surface area contributed by atoms with Gasteiger partial charge in [0.25, 0.3) is 5.91 Å². The zero-order valence-electron chi connectivity index (χ0n) is 14.1. The van der Waals surface area contributed by atoms with Crippen LogP contribution in [0.15, 0.2) is 54.9 Å². The van der Waals surface area contributed by atoms with Crippen molar-refractivity contribution in [2.45, 2.75) is 19.8 Å². The second-order valence-corrected chi connectivity index (χ2v) is 5.86. The van der Waals surface area contributed by atoms with E-state index in [0.717, 1.165) is 5.69 Å². The van der Waals surface area contributed by atoms with Crippen LogP contribution < -0.4 is 10.1 Å². The summed E-state index contributed by atoms with van der Waals surface area (Å²) in [6, 6.07) is 15.0. The number of rotatable bonds is 6. The number of hydrogen-bond donors (Lipinski definition) is 1. The van der Waals surface area contributed by atoms with E-state index in [1.165, 1.54) is 16.6 Å². The number of carbonyl (C=O) groups excluding carboxylic acids is 1. The van der Waals surface area contributed by atoms with Crippen LogP contribution in [-0.4, -0.2) is 32.7 Å². The highest BCUT2D eigenvalue weighted by molar-refractivity contribution is 5.91. The lowest BCUT2D eigenvalue weighted by Crippen LogP contribution is -2.20. The number of anilines is 1. The van der Waals surface area contributed by atoms with Crippen LogP contribution in [0.2, 0.25) is 0 Å². The lowest BCUT2D eigenvalue weighted by molar-refractivity contribution is -0.118. The van der Waals surface area contributed by atoms with Gasteiger partial charge in [-0.25, -0.2) is 4.68 Å². The van der Waals surface area contributed by atoms with Crippen molar-refractivity contribution in [2.75, 3.05) is 11.9 Å². The van der Waals surface area contributed by atoms with E-state index in [9.17, 15) is 4.79 Å². The second kappa shape index (κ2) is 7.57. The number of aromatic nitrogens is 4. The van der Waals surface area contributed by atoms with Crippen molar-refractivity contribution < 1.29 is 9.53 Å². The molecular weight excluding hydrogens is 318 g/mol. The van der Waals surface area contributed by atoms with E-state index < -0.39 is 0 Å². The molecule has 0 aliphatic rings. The minimum atomic E-state index is -0.219. The minimum absolute atomic E-state index is 0.0459. The molecule has 0 atom stereocenters. The van der Waals surface area contributed by atoms with Crippen molar-refractivity contribution in [3.05, 3.63) is 60.4 Å². The third kappa shape index (κ3) is 4.41. The van der Waals surface area contributed by atoms with Gasteiger partial charge in [0.05, 0.1) is 5.69 Å². The highest BCUT2D eigenvalue weighted by Gasteiger charge is 2.05. The van der Waals surface area contributed by atoms with E-state index in [-0.39, 0.29) is 12.5 Å². The molecule has 1 amide bonds. The summed E-state index contributed by atoms with van der Waals surface area (Å²) in [6.45, 7) is 4.22. The largest absolute Gasteiger partial charge is 0.484 e. The van der Waals surface area contributed by atoms with E-state index in [2.05, 4.69) is 34.7 Å². The normalized spacial score (nSPS) is 10.7. The third-order valence-electron chi connectivity index (χ3n) is 3.68. The van der Waals surface area contributed by atoms with Crippen molar-refractivity contribution in [2.24, 2.45) is 0 Å². The Morgan fingerprint density at radius 1 is 1.12 bits per heavy atom. The average molecular weight is 337 g/mol. The molecule has 0 spiro atoms. The molecule has 0 saturated heterocycles. The fourth-order valence-electron chi connectivity index (χ4n) is 2.27. The van der Waals surface area contributed by atoms with Crippen LogP contribution in [0.25, 0.3) is 5.69 Å². The number of nitrogens with zero attached hydrogens (tertiary/aromatic N) is 4. The highest BCUT2D eigenvalue weighted by Crippen LogP contribution is 2.18. The second-order valence-electron chi connectivity index (χ2n) is 5.86. The smallest absolute Gasteiger partial charge is 0.262 e. The van der Waals surface area contributed by atoms with Crippen LogP contribution in [0.1, 0.15) is 25.3 Å². The van der Waals surface area contributed by atoms with Gasteiger partial charge in [-0.1, -0.05) is 26.0 Å². The first-order chi connectivity index (χ1) is 12.1. The monoisotopic (exact) mass is 337 g/mol. The number of amides is 1. The van der Waals surface area contributed by atoms with E-state index in [1.54, 1.807) is 12.1 Å². The molecule has 3 aromatic rings. The molecule has 0 bridgehead atoms. The number of ether oxygens (including phenoxy) is 1. The maximum Gasteiger partial charge on any atom is 0.262 e. The van der Waals surface area contributed by atoms with Crippen LogP contribution in [0, 0.1) is 0 Å². The van der Waals surface area contributed by atoms with Crippen molar-refractivity contribution in [3.63, 3.8) is 0 Å². The SMILES string of the molecule is CC(C)c1ccc(OCC(=O)Nc2ccc(-n3cnnn3)cc2)cc1. The lowest BCUT2D eigenvalue weighted by Gasteiger charge is -2.10. The molecule has 7 nitrogen and oxygen atoms in total. The minimum Gasteiger partial charge on any atom is -0.484 e. The number of carbonyl (C=O) groups is 1. The maximum atomic E-state index is 12.0. The molecule has 0 unspecified atom stereocenters. The molecular formula is C18H19N5O2. The first kappa shape index (κ1) is 16.6. The van der Waals surface area contributed by atoms with Gasteiger partial charge in [-0.3, -0.25) is 4.79 Å². The first-order valence-electron chi connectivity index (χ1n) is 7.98. The summed E-state index contributed by atoms with van der Waals surface area (Å²) < 4.78 is 7.05. The van der Waals surface area contributed by atoms with Crippen LogP contribution in [-0.2, 0) is 4.79 Å². The predicted molar refractivity (Wildman–Crippen MR) is 93.8 cm³/mol. The van der Waals surface area contributed by atoms with Gasteiger partial charge in [0.1, 0.15) is 12.1 Å². The Hall–Kier alpha value is -3.22. The maximum absolute atomic E-state index is 12.0. The zero-order valence-corrected chi connectivity index (χ0v) is 14.1. The Morgan fingerprint density at radius 3 is 2.44 bits per heavy atom. The topological polar surface area (TPSA) is 81.9 Å². The standard InChI is InChI=1S/C18H19N5O2/c1-13(2)14-3-9-17(10-4-14)25-11-18(24)20-15-5-7-16(8-6-15)23-12-19-21-22-23/h3-10,12-13H,11H2,1-2H3,(H,20,24). The van der Waals surface area contributed by atoms with Crippen molar-refractivity contribution in [1.82, 2.24) is 20.2 Å². The van der Waals surface area contributed by atoms with E-state index in [0.29, 0.717) is 17.4 Å². The van der Waals surface area contributed by atoms with Crippen LogP contribution in [0.3, 0.4) is 0 Å². The fraction of sp³-hybridized carbons (Fsp3) is 0.222. The summed E-state index contributed by atoms with van der Waals surface area (Å²) in [6.07, 6.45) is 1.51. The number of nitrogens with one attached hydrogen (secondary N) is 1. The summed E-state index contributed by atoms with van der Waals surface area (Å²) >= 11 is 0. The van der Waals surface area contributed by atoms with Crippen LogP contribution in [0.5, 0.6) is 5.75 Å². The summed E-state index contributed by atoms with van der Waals surface area (Å²) in [7, 11) is 0. The van der Waals surface area contributed by atoms with Gasteiger partial charge in [-0.05, 0) is 58.3 Å².